The summed E-state index contributed by atoms with van der Waals surface area (Å²) in [6.07, 6.45) is 8.22. The van der Waals surface area contributed by atoms with E-state index < -0.39 is 0 Å². The highest BCUT2D eigenvalue weighted by atomic mass is 16.5. The molecule has 2 aromatic rings. The van der Waals surface area contributed by atoms with Crippen LogP contribution in [0.1, 0.15) is 67.8 Å². The predicted octanol–water partition coefficient (Wildman–Crippen LogP) is 2.07. The van der Waals surface area contributed by atoms with Gasteiger partial charge in [-0.15, -0.1) is 0 Å². The molecule has 0 aromatic carbocycles. The standard InChI is InChI=1S/C24H33N5O3/c30-23(16-3-1-4-16)28-9-2-5-17(14-28)21-13-22-25-20-6-10-27(18-7-11-32-12-8-18)15-19(20)24(31)29(22)26-21/h13,16-18,26H,1-12,14-15H2/t17-/m1/s1. The van der Waals surface area contributed by atoms with Crippen molar-refractivity contribution in [2.45, 2.75) is 69.9 Å². The van der Waals surface area contributed by atoms with E-state index in [2.05, 4.69) is 14.9 Å². The third-order valence-electron chi connectivity index (χ3n) is 8.15. The number of aromatic nitrogens is 3. The number of H-pyrrole nitrogens is 1. The molecule has 6 rings (SSSR count). The monoisotopic (exact) mass is 439 g/mol. The first-order valence-electron chi connectivity index (χ1n) is 12.4. The predicted molar refractivity (Wildman–Crippen MR) is 120 cm³/mol. The topological polar surface area (TPSA) is 82.9 Å². The summed E-state index contributed by atoms with van der Waals surface area (Å²) in [7, 11) is 0. The number of nitrogens with one attached hydrogen (secondary N) is 1. The molecule has 1 aliphatic carbocycles. The first-order valence-corrected chi connectivity index (χ1v) is 12.4. The fourth-order valence-corrected chi connectivity index (χ4v) is 5.94. The third kappa shape index (κ3) is 3.57. The summed E-state index contributed by atoms with van der Waals surface area (Å²) < 4.78 is 7.15. The number of hydrogen-bond donors (Lipinski definition) is 1. The van der Waals surface area contributed by atoms with Gasteiger partial charge in [0, 0.05) is 75.5 Å². The molecular weight excluding hydrogens is 406 g/mol. The van der Waals surface area contributed by atoms with Crippen LogP contribution in [0, 0.1) is 5.92 Å². The van der Waals surface area contributed by atoms with Crippen LogP contribution in [0.15, 0.2) is 10.9 Å². The summed E-state index contributed by atoms with van der Waals surface area (Å²) in [6.45, 7) is 4.86. The van der Waals surface area contributed by atoms with Crippen LogP contribution in [0.4, 0.5) is 0 Å². The number of rotatable bonds is 3. The molecular formula is C24H33N5O3. The number of aromatic amines is 1. The van der Waals surface area contributed by atoms with Gasteiger partial charge in [-0.1, -0.05) is 6.42 Å². The maximum Gasteiger partial charge on any atom is 0.277 e. The van der Waals surface area contributed by atoms with Gasteiger partial charge in [0.15, 0.2) is 5.65 Å². The van der Waals surface area contributed by atoms with Crippen LogP contribution in [0.3, 0.4) is 0 Å². The lowest BCUT2D eigenvalue weighted by molar-refractivity contribution is -0.139. The van der Waals surface area contributed by atoms with E-state index in [1.165, 1.54) is 6.42 Å². The molecule has 0 radical (unpaired) electrons. The van der Waals surface area contributed by atoms with Gasteiger partial charge in [-0.25, -0.2) is 9.50 Å². The molecule has 1 saturated carbocycles. The number of ether oxygens (including phenoxy) is 1. The minimum absolute atomic E-state index is 0.0335. The van der Waals surface area contributed by atoms with E-state index in [0.29, 0.717) is 24.1 Å². The molecule has 3 fully saturated rings. The zero-order chi connectivity index (χ0) is 21.7. The molecule has 2 aromatic heterocycles. The SMILES string of the molecule is O=C(C1CCC1)N1CCC[C@@H](c2cc3nc4c(c(=O)n3[nH]2)CN(C2CCOCC2)CC4)C1. The maximum absolute atomic E-state index is 13.4. The molecule has 0 bridgehead atoms. The summed E-state index contributed by atoms with van der Waals surface area (Å²) in [5, 5.41) is 3.36. The quantitative estimate of drug-likeness (QED) is 0.792. The minimum Gasteiger partial charge on any atom is -0.381 e. The summed E-state index contributed by atoms with van der Waals surface area (Å²) >= 11 is 0. The van der Waals surface area contributed by atoms with Crippen LogP contribution in [0.2, 0.25) is 0 Å². The number of piperidine rings is 1. The van der Waals surface area contributed by atoms with Crippen LogP contribution in [0.25, 0.3) is 5.65 Å². The van der Waals surface area contributed by atoms with Crippen LogP contribution >= 0.6 is 0 Å². The van der Waals surface area contributed by atoms with Gasteiger partial charge in [-0.05, 0) is 38.5 Å². The molecule has 2 saturated heterocycles. The second kappa shape index (κ2) is 8.30. The lowest BCUT2D eigenvalue weighted by Crippen LogP contribution is -2.44. The molecule has 1 amide bonds. The molecule has 0 unspecified atom stereocenters. The van der Waals surface area contributed by atoms with Crippen LogP contribution < -0.4 is 5.56 Å². The normalized spacial score (nSPS) is 25.6. The van der Waals surface area contributed by atoms with E-state index in [1.807, 2.05) is 6.07 Å². The van der Waals surface area contributed by atoms with Crippen molar-refractivity contribution in [3.05, 3.63) is 33.4 Å². The first kappa shape index (κ1) is 20.4. The van der Waals surface area contributed by atoms with Crippen LogP contribution in [-0.4, -0.2) is 69.2 Å². The van der Waals surface area contributed by atoms with E-state index in [9.17, 15) is 9.59 Å². The Hall–Kier alpha value is -2.19. The Balaban J connectivity index is 1.24. The largest absolute Gasteiger partial charge is 0.381 e. The fraction of sp³-hybridized carbons (Fsp3) is 0.708. The fourth-order valence-electron chi connectivity index (χ4n) is 5.94. The van der Waals surface area contributed by atoms with Crippen molar-refractivity contribution in [3.8, 4) is 0 Å². The number of hydrogen-bond acceptors (Lipinski definition) is 5. The molecule has 32 heavy (non-hydrogen) atoms. The van der Waals surface area contributed by atoms with E-state index in [4.69, 9.17) is 9.72 Å². The van der Waals surface area contributed by atoms with Gasteiger partial charge >= 0.3 is 0 Å². The van der Waals surface area contributed by atoms with E-state index in [1.54, 1.807) is 4.52 Å². The number of amides is 1. The highest BCUT2D eigenvalue weighted by Gasteiger charge is 2.33. The van der Waals surface area contributed by atoms with Crippen molar-refractivity contribution in [1.29, 1.82) is 0 Å². The molecule has 0 spiro atoms. The molecule has 8 nitrogen and oxygen atoms in total. The zero-order valence-electron chi connectivity index (χ0n) is 18.7. The second-order valence-electron chi connectivity index (χ2n) is 10.1. The van der Waals surface area contributed by atoms with E-state index in [0.717, 1.165) is 94.7 Å². The lowest BCUT2D eigenvalue weighted by Gasteiger charge is -2.37. The Morgan fingerprint density at radius 2 is 1.94 bits per heavy atom. The van der Waals surface area contributed by atoms with Crippen molar-refractivity contribution in [2.75, 3.05) is 32.8 Å². The van der Waals surface area contributed by atoms with Crippen molar-refractivity contribution >= 4 is 11.6 Å². The summed E-state index contributed by atoms with van der Waals surface area (Å²) in [4.78, 5) is 35.5. The van der Waals surface area contributed by atoms with Gasteiger partial charge in [0.05, 0.1) is 11.3 Å². The Morgan fingerprint density at radius 3 is 2.72 bits per heavy atom. The van der Waals surface area contributed by atoms with Gasteiger partial charge < -0.3 is 9.64 Å². The van der Waals surface area contributed by atoms with E-state index in [-0.39, 0.29) is 17.4 Å². The summed E-state index contributed by atoms with van der Waals surface area (Å²) in [6, 6.07) is 2.53. The van der Waals surface area contributed by atoms with Gasteiger partial charge in [-0.2, -0.15) is 0 Å². The molecule has 5 heterocycles. The molecule has 172 valence electrons. The molecule has 4 aliphatic rings. The van der Waals surface area contributed by atoms with Gasteiger partial charge in [-0.3, -0.25) is 19.6 Å². The van der Waals surface area contributed by atoms with Gasteiger partial charge in [0.25, 0.3) is 5.56 Å². The number of carbonyl (C=O) groups is 1. The average molecular weight is 440 g/mol. The summed E-state index contributed by atoms with van der Waals surface area (Å²) in [5.74, 6) is 0.812. The number of carbonyl (C=O) groups excluding carboxylic acids is 1. The highest BCUT2D eigenvalue weighted by molar-refractivity contribution is 5.79. The minimum atomic E-state index is 0.0335. The van der Waals surface area contributed by atoms with Crippen LogP contribution in [0.5, 0.6) is 0 Å². The number of nitrogens with zero attached hydrogens (tertiary/aromatic N) is 4. The summed E-state index contributed by atoms with van der Waals surface area (Å²) in [5.41, 5.74) is 3.56. The number of fused-ring (bicyclic) bond motifs is 2. The smallest absolute Gasteiger partial charge is 0.277 e. The Kier molecular flexibility index (Phi) is 5.30. The van der Waals surface area contributed by atoms with Crippen molar-refractivity contribution in [2.24, 2.45) is 5.92 Å². The molecule has 1 N–H and O–H groups in total. The molecule has 1 atom stereocenters. The zero-order valence-corrected chi connectivity index (χ0v) is 18.7. The Labute approximate surface area is 187 Å². The highest BCUT2D eigenvalue weighted by Crippen LogP contribution is 2.32. The second-order valence-corrected chi connectivity index (χ2v) is 10.1. The first-order chi connectivity index (χ1) is 15.7. The van der Waals surface area contributed by atoms with Crippen molar-refractivity contribution in [1.82, 2.24) is 24.4 Å². The number of likely N-dealkylation sites (tertiary alicyclic amines) is 1. The van der Waals surface area contributed by atoms with E-state index >= 15 is 0 Å². The molecule has 8 heteroatoms. The van der Waals surface area contributed by atoms with Gasteiger partial charge in [0.1, 0.15) is 0 Å². The lowest BCUT2D eigenvalue weighted by atomic mass is 9.83. The molecule has 3 aliphatic heterocycles. The van der Waals surface area contributed by atoms with Crippen molar-refractivity contribution in [3.63, 3.8) is 0 Å². The third-order valence-corrected chi connectivity index (χ3v) is 8.15. The maximum atomic E-state index is 13.4. The van der Waals surface area contributed by atoms with Gasteiger partial charge in [0.2, 0.25) is 5.91 Å². The average Bonchev–Trinajstić information content (AvgIpc) is 3.23. The van der Waals surface area contributed by atoms with Crippen molar-refractivity contribution < 1.29 is 9.53 Å². The Bertz CT molecular complexity index is 1070. The van der Waals surface area contributed by atoms with Crippen LogP contribution in [-0.2, 0) is 22.5 Å². The Morgan fingerprint density at radius 1 is 1.09 bits per heavy atom.